The number of carbonyl (C=O) groups excluding carboxylic acids is 1. The molecule has 6 heteroatoms. The van der Waals surface area contributed by atoms with Gasteiger partial charge in [-0.3, -0.25) is 14.8 Å². The van der Waals surface area contributed by atoms with Gasteiger partial charge in [0.15, 0.2) is 0 Å². The first-order valence-electron chi connectivity index (χ1n) is 8.03. The first-order valence-corrected chi connectivity index (χ1v) is 8.03. The quantitative estimate of drug-likeness (QED) is 0.715. The number of ether oxygens (including phenoxy) is 1. The van der Waals surface area contributed by atoms with Gasteiger partial charge in [0.05, 0.1) is 11.3 Å². The van der Waals surface area contributed by atoms with Crippen LogP contribution in [0.25, 0.3) is 0 Å². The highest BCUT2D eigenvalue weighted by atomic mass is 16.5. The molecule has 2 aromatic rings. The van der Waals surface area contributed by atoms with Crippen LogP contribution in [0.3, 0.4) is 0 Å². The number of hydrogen-bond donors (Lipinski definition) is 1. The second kappa shape index (κ2) is 9.62. The fourth-order valence-electron chi connectivity index (χ4n) is 2.27. The van der Waals surface area contributed by atoms with Crippen molar-refractivity contribution in [2.24, 2.45) is 0 Å². The molecule has 0 unspecified atom stereocenters. The number of methoxy groups -OCH3 is 1. The monoisotopic (exact) mass is 328 g/mol. The van der Waals surface area contributed by atoms with Crippen molar-refractivity contribution in [2.45, 2.75) is 12.8 Å². The van der Waals surface area contributed by atoms with E-state index in [9.17, 15) is 4.79 Å². The number of pyridine rings is 2. The van der Waals surface area contributed by atoms with Gasteiger partial charge in [-0.2, -0.15) is 0 Å². The summed E-state index contributed by atoms with van der Waals surface area (Å²) < 4.78 is 5.02. The van der Waals surface area contributed by atoms with Crippen molar-refractivity contribution in [3.63, 3.8) is 0 Å². The molecule has 6 nitrogen and oxygen atoms in total. The Kier molecular flexibility index (Phi) is 7.17. The van der Waals surface area contributed by atoms with Crippen LogP contribution in [0.5, 0.6) is 0 Å². The molecule has 1 amide bonds. The van der Waals surface area contributed by atoms with Crippen LogP contribution in [0.15, 0.2) is 43.0 Å². The van der Waals surface area contributed by atoms with E-state index in [0.717, 1.165) is 30.6 Å². The van der Waals surface area contributed by atoms with Gasteiger partial charge in [0.25, 0.3) is 5.91 Å². The number of anilines is 1. The first kappa shape index (κ1) is 17.9. The Balaban J connectivity index is 1.88. The molecular formula is C18H24N4O2. The van der Waals surface area contributed by atoms with E-state index in [-0.39, 0.29) is 5.91 Å². The summed E-state index contributed by atoms with van der Waals surface area (Å²) in [6.07, 6.45) is 8.55. The number of aromatic nitrogens is 2. The zero-order valence-electron chi connectivity index (χ0n) is 14.2. The standard InChI is InChI=1S/C18H24N4O2/c1-22(10-6-15-4-8-19-9-5-15)18(23)16-12-17(14-20-13-16)21-7-3-11-24-2/h4-5,8-9,12-14,21H,3,6-7,10-11H2,1-2H3. The van der Waals surface area contributed by atoms with E-state index < -0.39 is 0 Å². The number of rotatable bonds is 9. The SMILES string of the molecule is COCCCNc1cncc(C(=O)N(C)CCc2ccncc2)c1. The maximum atomic E-state index is 12.5. The molecule has 128 valence electrons. The summed E-state index contributed by atoms with van der Waals surface area (Å²) in [4.78, 5) is 22.4. The van der Waals surface area contributed by atoms with Crippen molar-refractivity contribution in [1.82, 2.24) is 14.9 Å². The van der Waals surface area contributed by atoms with Crippen LogP contribution in [-0.4, -0.2) is 54.6 Å². The molecule has 0 aliphatic heterocycles. The highest BCUT2D eigenvalue weighted by Crippen LogP contribution is 2.11. The summed E-state index contributed by atoms with van der Waals surface area (Å²) in [5, 5.41) is 3.25. The average molecular weight is 328 g/mol. The molecule has 2 rings (SSSR count). The molecule has 2 aromatic heterocycles. The lowest BCUT2D eigenvalue weighted by atomic mass is 10.2. The van der Waals surface area contributed by atoms with Gasteiger partial charge in [-0.1, -0.05) is 0 Å². The van der Waals surface area contributed by atoms with E-state index in [4.69, 9.17) is 4.74 Å². The van der Waals surface area contributed by atoms with E-state index in [0.29, 0.717) is 18.7 Å². The van der Waals surface area contributed by atoms with Gasteiger partial charge in [0, 0.05) is 58.6 Å². The second-order valence-electron chi connectivity index (χ2n) is 5.57. The van der Waals surface area contributed by atoms with Crippen molar-refractivity contribution in [2.75, 3.05) is 39.2 Å². The lowest BCUT2D eigenvalue weighted by molar-refractivity contribution is 0.0796. The second-order valence-corrected chi connectivity index (χ2v) is 5.57. The Morgan fingerprint density at radius 2 is 2.04 bits per heavy atom. The minimum Gasteiger partial charge on any atom is -0.385 e. The van der Waals surface area contributed by atoms with Gasteiger partial charge in [-0.05, 0) is 36.6 Å². The van der Waals surface area contributed by atoms with Crippen LogP contribution < -0.4 is 5.32 Å². The highest BCUT2D eigenvalue weighted by Gasteiger charge is 2.12. The zero-order valence-corrected chi connectivity index (χ0v) is 14.2. The summed E-state index contributed by atoms with van der Waals surface area (Å²) in [5.41, 5.74) is 2.60. The van der Waals surface area contributed by atoms with Crippen LogP contribution in [-0.2, 0) is 11.2 Å². The normalized spacial score (nSPS) is 10.4. The van der Waals surface area contributed by atoms with Crippen molar-refractivity contribution >= 4 is 11.6 Å². The van der Waals surface area contributed by atoms with E-state index >= 15 is 0 Å². The molecule has 0 radical (unpaired) electrons. The lowest BCUT2D eigenvalue weighted by Gasteiger charge is -2.17. The summed E-state index contributed by atoms with van der Waals surface area (Å²) in [7, 11) is 3.49. The molecule has 0 aliphatic rings. The molecule has 2 heterocycles. The molecule has 24 heavy (non-hydrogen) atoms. The number of likely N-dealkylation sites (N-methyl/N-ethyl adjacent to an activating group) is 1. The van der Waals surface area contributed by atoms with Crippen LogP contribution >= 0.6 is 0 Å². The maximum absolute atomic E-state index is 12.5. The average Bonchev–Trinajstić information content (AvgIpc) is 2.64. The van der Waals surface area contributed by atoms with Crippen molar-refractivity contribution in [1.29, 1.82) is 0 Å². The predicted octanol–water partition coefficient (Wildman–Crippen LogP) is 2.24. The maximum Gasteiger partial charge on any atom is 0.255 e. The number of carbonyl (C=O) groups is 1. The molecule has 0 aromatic carbocycles. The molecule has 0 fully saturated rings. The predicted molar refractivity (Wildman–Crippen MR) is 94.1 cm³/mol. The molecule has 0 aliphatic carbocycles. The van der Waals surface area contributed by atoms with E-state index in [1.54, 1.807) is 36.8 Å². The number of nitrogens with zero attached hydrogens (tertiary/aromatic N) is 3. The number of amides is 1. The van der Waals surface area contributed by atoms with Crippen LogP contribution in [0.2, 0.25) is 0 Å². The number of hydrogen-bond acceptors (Lipinski definition) is 5. The summed E-state index contributed by atoms with van der Waals surface area (Å²) in [6, 6.07) is 5.76. The summed E-state index contributed by atoms with van der Waals surface area (Å²) in [6.45, 7) is 2.14. The van der Waals surface area contributed by atoms with Crippen molar-refractivity contribution in [3.05, 3.63) is 54.1 Å². The van der Waals surface area contributed by atoms with Crippen LogP contribution in [0.4, 0.5) is 5.69 Å². The lowest BCUT2D eigenvalue weighted by Crippen LogP contribution is -2.29. The summed E-state index contributed by atoms with van der Waals surface area (Å²) in [5.74, 6) is -0.0305. The molecule has 0 atom stereocenters. The smallest absolute Gasteiger partial charge is 0.255 e. The zero-order chi connectivity index (χ0) is 17.2. The highest BCUT2D eigenvalue weighted by molar-refractivity contribution is 5.94. The first-order chi connectivity index (χ1) is 11.7. The molecule has 0 saturated carbocycles. The third-order valence-corrected chi connectivity index (χ3v) is 3.67. The Hall–Kier alpha value is -2.47. The van der Waals surface area contributed by atoms with E-state index in [1.165, 1.54) is 0 Å². The fourth-order valence-corrected chi connectivity index (χ4v) is 2.27. The molecular weight excluding hydrogens is 304 g/mol. The molecule has 0 bridgehead atoms. The minimum absolute atomic E-state index is 0.0305. The van der Waals surface area contributed by atoms with Gasteiger partial charge in [0.2, 0.25) is 0 Å². The Labute approximate surface area is 142 Å². The van der Waals surface area contributed by atoms with Gasteiger partial charge in [-0.25, -0.2) is 0 Å². The number of nitrogens with one attached hydrogen (secondary N) is 1. The molecule has 1 N–H and O–H groups in total. The third-order valence-electron chi connectivity index (χ3n) is 3.67. The van der Waals surface area contributed by atoms with Gasteiger partial charge in [-0.15, -0.1) is 0 Å². The van der Waals surface area contributed by atoms with Crippen molar-refractivity contribution in [3.8, 4) is 0 Å². The largest absolute Gasteiger partial charge is 0.385 e. The van der Waals surface area contributed by atoms with E-state index in [1.807, 2.05) is 25.2 Å². The third kappa shape index (κ3) is 5.62. The molecule has 0 spiro atoms. The van der Waals surface area contributed by atoms with Gasteiger partial charge < -0.3 is 15.0 Å². The van der Waals surface area contributed by atoms with Gasteiger partial charge >= 0.3 is 0 Å². The minimum atomic E-state index is -0.0305. The van der Waals surface area contributed by atoms with E-state index in [2.05, 4.69) is 15.3 Å². The topological polar surface area (TPSA) is 67.3 Å². The Morgan fingerprint density at radius 1 is 1.25 bits per heavy atom. The Bertz CT molecular complexity index is 634. The molecule has 0 saturated heterocycles. The van der Waals surface area contributed by atoms with Crippen LogP contribution in [0, 0.1) is 0 Å². The van der Waals surface area contributed by atoms with Crippen molar-refractivity contribution < 1.29 is 9.53 Å². The fraction of sp³-hybridized carbons (Fsp3) is 0.389. The Morgan fingerprint density at radius 3 is 2.79 bits per heavy atom. The summed E-state index contributed by atoms with van der Waals surface area (Å²) >= 11 is 0. The van der Waals surface area contributed by atoms with Gasteiger partial charge in [0.1, 0.15) is 0 Å². The van der Waals surface area contributed by atoms with Crippen LogP contribution in [0.1, 0.15) is 22.3 Å².